The Morgan fingerprint density at radius 1 is 1.45 bits per heavy atom. The van der Waals surface area contributed by atoms with E-state index in [9.17, 15) is 4.79 Å². The monoisotopic (exact) mass is 318 g/mol. The Kier molecular flexibility index (Phi) is 7.56. The molecule has 1 amide bonds. The largest absolute Gasteiger partial charge is 0.346 e. The van der Waals surface area contributed by atoms with Crippen molar-refractivity contribution in [1.82, 2.24) is 5.32 Å². The molecule has 0 spiro atoms. The molecule has 0 aliphatic carbocycles. The van der Waals surface area contributed by atoms with E-state index in [1.54, 1.807) is 12.1 Å². The molecule has 1 aromatic carbocycles. The molecule has 3 nitrogen and oxygen atoms in total. The van der Waals surface area contributed by atoms with Crippen molar-refractivity contribution >= 4 is 29.9 Å². The number of carbonyl (C=O) groups excluding carboxylic acids is 1. The van der Waals surface area contributed by atoms with E-state index in [2.05, 4.69) is 19.2 Å². The van der Waals surface area contributed by atoms with Gasteiger partial charge in [0.1, 0.15) is 0 Å². The van der Waals surface area contributed by atoms with Crippen molar-refractivity contribution in [2.24, 2.45) is 11.7 Å². The first-order chi connectivity index (χ1) is 8.77. The Labute approximate surface area is 132 Å². The van der Waals surface area contributed by atoms with Crippen LogP contribution in [0.4, 0.5) is 0 Å². The lowest BCUT2D eigenvalue weighted by Crippen LogP contribution is -2.52. The van der Waals surface area contributed by atoms with Crippen molar-refractivity contribution in [3.05, 3.63) is 34.3 Å². The van der Waals surface area contributed by atoms with Crippen molar-refractivity contribution in [1.29, 1.82) is 0 Å². The summed E-state index contributed by atoms with van der Waals surface area (Å²) >= 11 is 6.04. The van der Waals surface area contributed by atoms with Gasteiger partial charge in [0.25, 0.3) is 5.91 Å². The topological polar surface area (TPSA) is 55.1 Å². The summed E-state index contributed by atoms with van der Waals surface area (Å²) in [5, 5.41) is 3.62. The Morgan fingerprint density at radius 3 is 2.50 bits per heavy atom. The van der Waals surface area contributed by atoms with Crippen LogP contribution >= 0.6 is 24.0 Å². The molecule has 20 heavy (non-hydrogen) atoms. The predicted octanol–water partition coefficient (Wildman–Crippen LogP) is 3.56. The van der Waals surface area contributed by atoms with Crippen LogP contribution in [0.5, 0.6) is 0 Å². The number of amides is 1. The van der Waals surface area contributed by atoms with Crippen LogP contribution in [-0.4, -0.2) is 18.0 Å². The summed E-state index contributed by atoms with van der Waals surface area (Å²) in [6.45, 7) is 8.52. The van der Waals surface area contributed by atoms with Crippen molar-refractivity contribution in [3.63, 3.8) is 0 Å². The minimum Gasteiger partial charge on any atom is -0.346 e. The second-order valence-corrected chi connectivity index (χ2v) is 6.19. The third-order valence-electron chi connectivity index (χ3n) is 3.16. The van der Waals surface area contributed by atoms with Crippen LogP contribution in [0.1, 0.15) is 43.1 Å². The molecule has 0 aliphatic heterocycles. The van der Waals surface area contributed by atoms with E-state index in [1.165, 1.54) is 0 Å². The Hall–Kier alpha value is -0.770. The number of halogens is 2. The Balaban J connectivity index is 0.00000361. The summed E-state index contributed by atoms with van der Waals surface area (Å²) in [6.07, 6.45) is 0.842. The van der Waals surface area contributed by atoms with E-state index in [0.29, 0.717) is 23.0 Å². The van der Waals surface area contributed by atoms with Crippen LogP contribution < -0.4 is 11.1 Å². The third-order valence-corrected chi connectivity index (χ3v) is 3.57. The van der Waals surface area contributed by atoms with E-state index in [-0.39, 0.29) is 23.9 Å². The Morgan fingerprint density at radius 2 is 2.05 bits per heavy atom. The summed E-state index contributed by atoms with van der Waals surface area (Å²) in [7, 11) is 0. The highest BCUT2D eigenvalue weighted by molar-refractivity contribution is 6.31. The summed E-state index contributed by atoms with van der Waals surface area (Å²) in [5.74, 6) is 0.339. The molecule has 3 N–H and O–H groups in total. The van der Waals surface area contributed by atoms with Crippen LogP contribution in [0.3, 0.4) is 0 Å². The molecule has 0 aliphatic rings. The third kappa shape index (κ3) is 5.31. The molecule has 5 heteroatoms. The fraction of sp³-hybridized carbons (Fsp3) is 0.533. The number of nitrogens with one attached hydrogen (secondary N) is 1. The maximum absolute atomic E-state index is 12.2. The van der Waals surface area contributed by atoms with Gasteiger partial charge in [-0.2, -0.15) is 0 Å². The molecule has 0 saturated carbocycles. The molecular formula is C15H24Cl2N2O. The summed E-state index contributed by atoms with van der Waals surface area (Å²) < 4.78 is 0. The lowest BCUT2D eigenvalue weighted by atomic mass is 9.90. The molecule has 1 aromatic rings. The van der Waals surface area contributed by atoms with Gasteiger partial charge in [0.05, 0.1) is 0 Å². The molecule has 1 unspecified atom stereocenters. The SMILES string of the molecule is Cc1ccc(C(=O)NC(C)(CN)CC(C)C)cc1Cl.Cl. The fourth-order valence-electron chi connectivity index (χ4n) is 2.17. The zero-order valence-electron chi connectivity index (χ0n) is 12.5. The minimum atomic E-state index is -0.386. The first-order valence-corrected chi connectivity index (χ1v) is 6.94. The summed E-state index contributed by atoms with van der Waals surface area (Å²) in [4.78, 5) is 12.2. The van der Waals surface area contributed by atoms with Crippen LogP contribution in [0.2, 0.25) is 5.02 Å². The van der Waals surface area contributed by atoms with Crippen molar-refractivity contribution in [2.75, 3.05) is 6.54 Å². The molecule has 1 rings (SSSR count). The molecule has 0 fully saturated rings. The lowest BCUT2D eigenvalue weighted by Gasteiger charge is -2.31. The number of nitrogens with two attached hydrogens (primary N) is 1. The molecule has 0 heterocycles. The Bertz CT molecular complexity index is 463. The molecule has 0 aromatic heterocycles. The van der Waals surface area contributed by atoms with E-state index in [4.69, 9.17) is 17.3 Å². The first kappa shape index (κ1) is 19.2. The average molecular weight is 319 g/mol. The van der Waals surface area contributed by atoms with Crippen LogP contribution in [0.15, 0.2) is 18.2 Å². The van der Waals surface area contributed by atoms with Gasteiger partial charge in [0, 0.05) is 22.7 Å². The van der Waals surface area contributed by atoms with E-state index in [0.717, 1.165) is 12.0 Å². The van der Waals surface area contributed by atoms with Gasteiger partial charge in [-0.3, -0.25) is 4.79 Å². The molecule has 1 atom stereocenters. The highest BCUT2D eigenvalue weighted by Gasteiger charge is 2.26. The van der Waals surface area contributed by atoms with Gasteiger partial charge < -0.3 is 11.1 Å². The molecular weight excluding hydrogens is 295 g/mol. The van der Waals surface area contributed by atoms with E-state index < -0.39 is 0 Å². The second-order valence-electron chi connectivity index (χ2n) is 5.78. The quantitative estimate of drug-likeness (QED) is 0.872. The van der Waals surface area contributed by atoms with E-state index >= 15 is 0 Å². The standard InChI is InChI=1S/C15H23ClN2O.ClH/c1-10(2)8-15(4,9-17)18-14(19)12-6-5-11(3)13(16)7-12;/h5-7,10H,8-9,17H2,1-4H3,(H,18,19);1H. The number of aryl methyl sites for hydroxylation is 1. The van der Waals surface area contributed by atoms with Gasteiger partial charge in [-0.15, -0.1) is 12.4 Å². The van der Waals surface area contributed by atoms with E-state index in [1.807, 2.05) is 19.9 Å². The van der Waals surface area contributed by atoms with Gasteiger partial charge in [-0.25, -0.2) is 0 Å². The number of carbonyl (C=O) groups is 1. The maximum Gasteiger partial charge on any atom is 0.251 e. The second kappa shape index (κ2) is 7.87. The van der Waals surface area contributed by atoms with Crippen LogP contribution in [0.25, 0.3) is 0 Å². The van der Waals surface area contributed by atoms with Gasteiger partial charge in [-0.1, -0.05) is 31.5 Å². The highest BCUT2D eigenvalue weighted by Crippen LogP contribution is 2.19. The number of hydrogen-bond acceptors (Lipinski definition) is 2. The van der Waals surface area contributed by atoms with Gasteiger partial charge in [0.2, 0.25) is 0 Å². The van der Waals surface area contributed by atoms with Crippen molar-refractivity contribution in [2.45, 2.75) is 39.7 Å². The number of rotatable bonds is 5. The summed E-state index contributed by atoms with van der Waals surface area (Å²) in [6, 6.07) is 5.32. The van der Waals surface area contributed by atoms with Gasteiger partial charge in [0.15, 0.2) is 0 Å². The van der Waals surface area contributed by atoms with Crippen molar-refractivity contribution in [3.8, 4) is 0 Å². The fourth-order valence-corrected chi connectivity index (χ4v) is 2.35. The average Bonchev–Trinajstić information content (AvgIpc) is 2.31. The molecule has 114 valence electrons. The molecule has 0 bridgehead atoms. The zero-order chi connectivity index (χ0) is 14.6. The first-order valence-electron chi connectivity index (χ1n) is 6.56. The predicted molar refractivity (Wildman–Crippen MR) is 87.8 cm³/mol. The lowest BCUT2D eigenvalue weighted by molar-refractivity contribution is 0.0898. The van der Waals surface area contributed by atoms with Gasteiger partial charge in [-0.05, 0) is 43.9 Å². The zero-order valence-corrected chi connectivity index (χ0v) is 14.1. The number of benzene rings is 1. The smallest absolute Gasteiger partial charge is 0.251 e. The molecule has 0 saturated heterocycles. The number of hydrogen-bond donors (Lipinski definition) is 2. The normalized spacial score (nSPS) is 13.6. The highest BCUT2D eigenvalue weighted by atomic mass is 35.5. The van der Waals surface area contributed by atoms with Crippen LogP contribution in [-0.2, 0) is 0 Å². The molecule has 0 radical (unpaired) electrons. The maximum atomic E-state index is 12.2. The minimum absolute atomic E-state index is 0. The van der Waals surface area contributed by atoms with Crippen LogP contribution in [0, 0.1) is 12.8 Å². The van der Waals surface area contributed by atoms with Crippen molar-refractivity contribution < 1.29 is 4.79 Å². The summed E-state index contributed by atoms with van der Waals surface area (Å²) in [5.41, 5.74) is 6.94. The van der Waals surface area contributed by atoms with Gasteiger partial charge >= 0.3 is 0 Å².